The van der Waals surface area contributed by atoms with E-state index in [9.17, 15) is 18.0 Å². The molecule has 0 amide bonds. The zero-order valence-electron chi connectivity index (χ0n) is 15.5. The molecule has 27 heavy (non-hydrogen) atoms. The molecular weight excluding hydrogens is 363 g/mol. The molecule has 2 unspecified atom stereocenters. The van der Waals surface area contributed by atoms with Crippen LogP contribution in [0.5, 0.6) is 5.75 Å². The van der Waals surface area contributed by atoms with Crippen molar-refractivity contribution < 1.29 is 27.4 Å². The molecular formula is C18H24F3N3O3. The minimum Gasteiger partial charge on any atom is -0.491 e. The Morgan fingerprint density at radius 1 is 1.33 bits per heavy atom. The molecule has 2 rings (SSSR count). The summed E-state index contributed by atoms with van der Waals surface area (Å²) in [6, 6.07) is 5.10. The number of methoxy groups -OCH3 is 1. The van der Waals surface area contributed by atoms with Crippen molar-refractivity contribution in [3.63, 3.8) is 0 Å². The van der Waals surface area contributed by atoms with Crippen LogP contribution in [-0.2, 0) is 15.7 Å². The Hall–Kier alpha value is -2.45. The number of nitrogens with one attached hydrogen (secondary N) is 1. The van der Waals surface area contributed by atoms with E-state index in [1.807, 2.05) is 11.8 Å². The number of rotatable bonds is 5. The van der Waals surface area contributed by atoms with Gasteiger partial charge in [0.15, 0.2) is 5.96 Å². The number of ether oxygens (including phenoxy) is 2. The maximum absolute atomic E-state index is 13.0. The number of guanidine groups is 1. The number of halogens is 3. The van der Waals surface area contributed by atoms with Gasteiger partial charge >= 0.3 is 12.1 Å². The molecule has 1 aliphatic rings. The third-order valence-electron chi connectivity index (χ3n) is 4.46. The molecule has 1 saturated heterocycles. The zero-order valence-corrected chi connectivity index (χ0v) is 15.5. The molecule has 1 aromatic carbocycles. The van der Waals surface area contributed by atoms with Crippen molar-refractivity contribution in [1.29, 1.82) is 0 Å². The molecule has 1 aromatic rings. The van der Waals surface area contributed by atoms with Crippen molar-refractivity contribution >= 4 is 11.9 Å². The molecule has 2 atom stereocenters. The Labute approximate surface area is 156 Å². The van der Waals surface area contributed by atoms with E-state index in [2.05, 4.69) is 10.3 Å². The standard InChI is InChI=1S/C18H24F3N3O3/c1-12-10-24(11-13(12)16(25)26-3)17(22-2)23-8-9-27-15-7-5-4-6-14(15)18(19,20)21/h4-7,12-13H,8-11H2,1-3H3,(H,22,23). The minimum atomic E-state index is -4.46. The number of likely N-dealkylation sites (tertiary alicyclic amines) is 1. The van der Waals surface area contributed by atoms with Crippen LogP contribution < -0.4 is 10.1 Å². The first-order valence-corrected chi connectivity index (χ1v) is 8.60. The summed E-state index contributed by atoms with van der Waals surface area (Å²) < 4.78 is 49.0. The van der Waals surface area contributed by atoms with Crippen LogP contribution in [0.4, 0.5) is 13.2 Å². The molecule has 150 valence electrons. The Morgan fingerprint density at radius 2 is 2.04 bits per heavy atom. The lowest BCUT2D eigenvalue weighted by atomic mass is 9.99. The second-order valence-electron chi connectivity index (χ2n) is 6.33. The fourth-order valence-corrected chi connectivity index (χ4v) is 3.08. The Balaban J connectivity index is 1.87. The largest absolute Gasteiger partial charge is 0.491 e. The van der Waals surface area contributed by atoms with Gasteiger partial charge in [-0.05, 0) is 18.1 Å². The number of aliphatic imine (C=N–C) groups is 1. The lowest BCUT2D eigenvalue weighted by Gasteiger charge is -2.21. The van der Waals surface area contributed by atoms with Gasteiger partial charge < -0.3 is 19.7 Å². The zero-order chi connectivity index (χ0) is 20.0. The van der Waals surface area contributed by atoms with Crippen LogP contribution in [0.25, 0.3) is 0 Å². The first kappa shape index (κ1) is 20.9. The monoisotopic (exact) mass is 387 g/mol. The van der Waals surface area contributed by atoms with Crippen LogP contribution >= 0.6 is 0 Å². The third kappa shape index (κ3) is 5.27. The summed E-state index contributed by atoms with van der Waals surface area (Å²) in [5.74, 6) is -0.00906. The topological polar surface area (TPSA) is 63.2 Å². The van der Waals surface area contributed by atoms with Crippen LogP contribution in [0.2, 0.25) is 0 Å². The first-order valence-electron chi connectivity index (χ1n) is 8.60. The van der Waals surface area contributed by atoms with E-state index in [0.29, 0.717) is 19.0 Å². The number of para-hydroxylation sites is 1. The Kier molecular flexibility index (Phi) is 6.92. The van der Waals surface area contributed by atoms with Crippen molar-refractivity contribution in [3.05, 3.63) is 29.8 Å². The maximum Gasteiger partial charge on any atom is 0.419 e. The van der Waals surface area contributed by atoms with Crippen LogP contribution in [0, 0.1) is 11.8 Å². The van der Waals surface area contributed by atoms with Gasteiger partial charge in [-0.15, -0.1) is 0 Å². The average molecular weight is 387 g/mol. The molecule has 1 N–H and O–H groups in total. The number of esters is 1. The van der Waals surface area contributed by atoms with Gasteiger partial charge in [0.05, 0.1) is 25.1 Å². The highest BCUT2D eigenvalue weighted by atomic mass is 19.4. The van der Waals surface area contributed by atoms with Gasteiger partial charge in [0.1, 0.15) is 12.4 Å². The molecule has 0 aliphatic carbocycles. The van der Waals surface area contributed by atoms with Crippen molar-refractivity contribution in [1.82, 2.24) is 10.2 Å². The van der Waals surface area contributed by atoms with Crippen LogP contribution in [0.15, 0.2) is 29.3 Å². The van der Waals surface area contributed by atoms with E-state index < -0.39 is 11.7 Å². The quantitative estimate of drug-likeness (QED) is 0.364. The summed E-state index contributed by atoms with van der Waals surface area (Å²) >= 11 is 0. The molecule has 1 fully saturated rings. The van der Waals surface area contributed by atoms with Gasteiger partial charge in [-0.3, -0.25) is 9.79 Å². The van der Waals surface area contributed by atoms with Crippen LogP contribution in [0.3, 0.4) is 0 Å². The Bertz CT molecular complexity index is 679. The van der Waals surface area contributed by atoms with Gasteiger partial charge in [-0.2, -0.15) is 13.2 Å². The van der Waals surface area contributed by atoms with E-state index in [-0.39, 0.29) is 36.7 Å². The van der Waals surface area contributed by atoms with E-state index in [4.69, 9.17) is 9.47 Å². The first-order chi connectivity index (χ1) is 12.8. The van der Waals surface area contributed by atoms with E-state index in [1.165, 1.54) is 25.3 Å². The SMILES string of the molecule is CN=C(NCCOc1ccccc1C(F)(F)F)N1CC(C)C(C(=O)OC)C1. The number of carbonyl (C=O) groups is 1. The normalized spacial score (nSPS) is 20.5. The Morgan fingerprint density at radius 3 is 2.67 bits per heavy atom. The van der Waals surface area contributed by atoms with E-state index in [1.54, 1.807) is 7.05 Å². The average Bonchev–Trinajstić information content (AvgIpc) is 3.02. The summed E-state index contributed by atoms with van der Waals surface area (Å²) in [5.41, 5.74) is -0.802. The summed E-state index contributed by atoms with van der Waals surface area (Å²) in [6.07, 6.45) is -4.46. The van der Waals surface area contributed by atoms with Gasteiger partial charge in [0, 0.05) is 20.1 Å². The molecule has 0 aromatic heterocycles. The molecule has 0 saturated carbocycles. The number of benzene rings is 1. The highest BCUT2D eigenvalue weighted by Gasteiger charge is 2.37. The molecule has 1 aliphatic heterocycles. The molecule has 9 heteroatoms. The highest BCUT2D eigenvalue weighted by Crippen LogP contribution is 2.35. The van der Waals surface area contributed by atoms with Gasteiger partial charge in [-0.25, -0.2) is 0 Å². The van der Waals surface area contributed by atoms with Crippen molar-refractivity contribution in [2.45, 2.75) is 13.1 Å². The van der Waals surface area contributed by atoms with Crippen molar-refractivity contribution in [3.8, 4) is 5.75 Å². The lowest BCUT2D eigenvalue weighted by molar-refractivity contribution is -0.146. The number of carbonyl (C=O) groups excluding carboxylic acids is 1. The molecule has 0 bridgehead atoms. The molecule has 1 heterocycles. The van der Waals surface area contributed by atoms with E-state index in [0.717, 1.165) is 6.07 Å². The summed E-state index contributed by atoms with van der Waals surface area (Å²) in [4.78, 5) is 17.9. The highest BCUT2D eigenvalue weighted by molar-refractivity contribution is 5.82. The van der Waals surface area contributed by atoms with Gasteiger partial charge in [0.25, 0.3) is 0 Å². The van der Waals surface area contributed by atoms with Gasteiger partial charge in [-0.1, -0.05) is 19.1 Å². The smallest absolute Gasteiger partial charge is 0.419 e. The molecule has 0 spiro atoms. The number of nitrogens with zero attached hydrogens (tertiary/aromatic N) is 2. The fraction of sp³-hybridized carbons (Fsp3) is 0.556. The number of hydrogen-bond donors (Lipinski definition) is 1. The third-order valence-corrected chi connectivity index (χ3v) is 4.46. The minimum absolute atomic E-state index is 0.0376. The molecule has 0 radical (unpaired) electrons. The second kappa shape index (κ2) is 8.96. The van der Waals surface area contributed by atoms with Gasteiger partial charge in [0.2, 0.25) is 0 Å². The lowest BCUT2D eigenvalue weighted by Crippen LogP contribution is -2.42. The van der Waals surface area contributed by atoms with Crippen LogP contribution in [-0.4, -0.2) is 57.2 Å². The summed E-state index contributed by atoms with van der Waals surface area (Å²) in [5, 5.41) is 3.06. The van der Waals surface area contributed by atoms with E-state index >= 15 is 0 Å². The number of hydrogen-bond acceptors (Lipinski definition) is 4. The predicted molar refractivity (Wildman–Crippen MR) is 94.5 cm³/mol. The fourth-order valence-electron chi connectivity index (χ4n) is 3.08. The summed E-state index contributed by atoms with van der Waals surface area (Å²) in [7, 11) is 2.97. The van der Waals surface area contributed by atoms with Crippen molar-refractivity contribution in [2.24, 2.45) is 16.8 Å². The number of alkyl halides is 3. The second-order valence-corrected chi connectivity index (χ2v) is 6.33. The predicted octanol–water partition coefficient (Wildman–Crippen LogP) is 2.40. The summed E-state index contributed by atoms with van der Waals surface area (Å²) in [6.45, 7) is 3.39. The van der Waals surface area contributed by atoms with Crippen molar-refractivity contribution in [2.75, 3.05) is 40.4 Å². The van der Waals surface area contributed by atoms with Crippen LogP contribution in [0.1, 0.15) is 12.5 Å². The molecule has 6 nitrogen and oxygen atoms in total. The maximum atomic E-state index is 13.0.